The Morgan fingerprint density at radius 1 is 1.12 bits per heavy atom. The molecule has 0 saturated carbocycles. The van der Waals surface area contributed by atoms with E-state index in [-0.39, 0.29) is 5.54 Å². The van der Waals surface area contributed by atoms with Gasteiger partial charge in [0.05, 0.1) is 0 Å². The van der Waals surface area contributed by atoms with Gasteiger partial charge >= 0.3 is 0 Å². The van der Waals surface area contributed by atoms with Gasteiger partial charge in [0.15, 0.2) is 0 Å². The first-order valence-corrected chi connectivity index (χ1v) is 8.82. The maximum atomic E-state index is 4.85. The van der Waals surface area contributed by atoms with Crippen molar-refractivity contribution in [1.82, 2.24) is 9.38 Å². The summed E-state index contributed by atoms with van der Waals surface area (Å²) in [6.45, 7) is 8.58. The maximum absolute atomic E-state index is 4.85. The quantitative estimate of drug-likeness (QED) is 0.612. The summed E-state index contributed by atoms with van der Waals surface area (Å²) in [4.78, 5) is 4.85. The highest BCUT2D eigenvalue weighted by molar-refractivity contribution is 9.10. The number of hydrogen-bond donors (Lipinski definition) is 1. The van der Waals surface area contributed by atoms with Gasteiger partial charge in [0.25, 0.3) is 0 Å². The van der Waals surface area contributed by atoms with E-state index in [9.17, 15) is 0 Å². The van der Waals surface area contributed by atoms with Gasteiger partial charge in [-0.25, -0.2) is 4.98 Å². The average Bonchev–Trinajstić information content (AvgIpc) is 2.85. The van der Waals surface area contributed by atoms with Gasteiger partial charge in [0.1, 0.15) is 17.2 Å². The first-order valence-electron chi connectivity index (χ1n) is 8.03. The van der Waals surface area contributed by atoms with Gasteiger partial charge in [-0.1, -0.05) is 30.3 Å². The van der Waals surface area contributed by atoms with Crippen molar-refractivity contribution in [1.29, 1.82) is 0 Å². The van der Waals surface area contributed by atoms with E-state index in [1.807, 2.05) is 30.3 Å². The van der Waals surface area contributed by atoms with Crippen molar-refractivity contribution in [3.63, 3.8) is 0 Å². The van der Waals surface area contributed by atoms with Crippen LogP contribution >= 0.6 is 15.9 Å². The van der Waals surface area contributed by atoms with E-state index >= 15 is 0 Å². The van der Waals surface area contributed by atoms with Crippen molar-refractivity contribution in [3.05, 3.63) is 64.4 Å². The molecule has 124 valence electrons. The second kappa shape index (κ2) is 6.44. The predicted molar refractivity (Wildman–Crippen MR) is 106 cm³/mol. The van der Waals surface area contributed by atoms with Crippen LogP contribution in [0.15, 0.2) is 53.1 Å². The first-order chi connectivity index (χ1) is 11.3. The summed E-state index contributed by atoms with van der Waals surface area (Å²) in [5.74, 6) is 1.02. The van der Waals surface area contributed by atoms with E-state index in [1.165, 1.54) is 5.56 Å². The number of anilines is 1. The molecule has 0 radical (unpaired) electrons. The Kier molecular flexibility index (Phi) is 4.50. The zero-order valence-electron chi connectivity index (χ0n) is 14.5. The van der Waals surface area contributed by atoms with Crippen molar-refractivity contribution in [2.24, 2.45) is 0 Å². The highest BCUT2D eigenvalue weighted by Gasteiger charge is 2.19. The number of nitrogens with zero attached hydrogens (tertiary/aromatic N) is 2. The van der Waals surface area contributed by atoms with Gasteiger partial charge in [-0.05, 0) is 73.0 Å². The largest absolute Gasteiger partial charge is 0.365 e. The molecule has 0 unspecified atom stereocenters. The van der Waals surface area contributed by atoms with Crippen molar-refractivity contribution >= 4 is 39.0 Å². The number of halogens is 1. The molecule has 0 aliphatic rings. The van der Waals surface area contributed by atoms with Crippen LogP contribution in [0.4, 0.5) is 5.82 Å². The van der Waals surface area contributed by atoms with E-state index < -0.39 is 0 Å². The predicted octanol–water partition coefficient (Wildman–Crippen LogP) is 5.87. The summed E-state index contributed by atoms with van der Waals surface area (Å²) in [6, 6.07) is 14.4. The number of rotatable bonds is 3. The summed E-state index contributed by atoms with van der Waals surface area (Å²) in [7, 11) is 0. The Bertz CT molecular complexity index is 886. The normalized spacial score (nSPS) is 12.6. The van der Waals surface area contributed by atoms with Crippen LogP contribution in [-0.2, 0) is 0 Å². The number of fused-ring (bicyclic) bond motifs is 1. The lowest BCUT2D eigenvalue weighted by atomic mass is 10.1. The number of hydrogen-bond acceptors (Lipinski definition) is 2. The van der Waals surface area contributed by atoms with E-state index in [2.05, 4.69) is 77.7 Å². The Labute approximate surface area is 151 Å². The van der Waals surface area contributed by atoms with Crippen molar-refractivity contribution < 1.29 is 0 Å². The van der Waals surface area contributed by atoms with Crippen LogP contribution in [0.25, 0.3) is 17.3 Å². The van der Waals surface area contributed by atoms with Crippen LogP contribution in [0.3, 0.4) is 0 Å². The summed E-state index contributed by atoms with van der Waals surface area (Å²) < 4.78 is 3.13. The molecule has 0 aliphatic carbocycles. The van der Waals surface area contributed by atoms with Crippen LogP contribution in [-0.4, -0.2) is 14.9 Å². The van der Waals surface area contributed by atoms with Gasteiger partial charge in [-0.15, -0.1) is 0 Å². The number of aromatic nitrogens is 2. The number of pyridine rings is 1. The van der Waals surface area contributed by atoms with Crippen LogP contribution in [0, 0.1) is 0 Å². The SMILES string of the molecule is CC(=Cc1ccccc1)c1nc2ccc(Br)cn2c1NC(C)(C)C. The Balaban J connectivity index is 2.16. The van der Waals surface area contributed by atoms with Gasteiger partial charge < -0.3 is 5.32 Å². The summed E-state index contributed by atoms with van der Waals surface area (Å²) in [5.41, 5.74) is 4.16. The zero-order valence-corrected chi connectivity index (χ0v) is 16.1. The Hall–Kier alpha value is -2.07. The van der Waals surface area contributed by atoms with E-state index in [0.29, 0.717) is 0 Å². The fourth-order valence-corrected chi connectivity index (χ4v) is 2.97. The van der Waals surface area contributed by atoms with Crippen molar-refractivity contribution in [2.75, 3.05) is 5.32 Å². The standard InChI is InChI=1S/C20H22BrN3/c1-14(12-15-8-6-5-7-9-15)18-19(23-20(2,3)4)24-13-16(21)10-11-17(24)22-18/h5-13,23H,1-4H3. The molecule has 4 heteroatoms. The van der Waals surface area contributed by atoms with E-state index in [0.717, 1.165) is 27.2 Å². The zero-order chi connectivity index (χ0) is 17.3. The Morgan fingerprint density at radius 2 is 1.83 bits per heavy atom. The topological polar surface area (TPSA) is 29.3 Å². The lowest BCUT2D eigenvalue weighted by Gasteiger charge is -2.22. The van der Waals surface area contributed by atoms with Crippen LogP contribution < -0.4 is 5.32 Å². The maximum Gasteiger partial charge on any atom is 0.139 e. The molecule has 1 aromatic carbocycles. The average molecular weight is 384 g/mol. The molecule has 2 heterocycles. The second-order valence-electron chi connectivity index (χ2n) is 7.00. The molecule has 3 aromatic rings. The third kappa shape index (κ3) is 3.70. The number of allylic oxidation sites excluding steroid dienone is 1. The molecule has 0 fully saturated rings. The molecule has 0 spiro atoms. The molecule has 0 saturated heterocycles. The highest BCUT2D eigenvalue weighted by Crippen LogP contribution is 2.29. The molecule has 0 bridgehead atoms. The van der Waals surface area contributed by atoms with E-state index in [4.69, 9.17) is 4.98 Å². The molecule has 3 nitrogen and oxygen atoms in total. The molecular weight excluding hydrogens is 362 g/mol. The number of imidazole rings is 1. The highest BCUT2D eigenvalue weighted by atomic mass is 79.9. The van der Waals surface area contributed by atoms with Crippen LogP contribution in [0.1, 0.15) is 39.0 Å². The third-order valence-electron chi connectivity index (χ3n) is 3.63. The van der Waals surface area contributed by atoms with Crippen molar-refractivity contribution in [2.45, 2.75) is 33.2 Å². The molecule has 0 amide bonds. The molecule has 0 aliphatic heterocycles. The van der Waals surface area contributed by atoms with Crippen molar-refractivity contribution in [3.8, 4) is 0 Å². The van der Waals surface area contributed by atoms with E-state index in [1.54, 1.807) is 0 Å². The minimum absolute atomic E-state index is 0.0555. The molecule has 3 rings (SSSR count). The van der Waals surface area contributed by atoms with Gasteiger partial charge in [0.2, 0.25) is 0 Å². The fraction of sp³-hybridized carbons (Fsp3) is 0.250. The molecular formula is C20H22BrN3. The summed E-state index contributed by atoms with van der Waals surface area (Å²) in [6.07, 6.45) is 4.22. The van der Waals surface area contributed by atoms with Crippen LogP contribution in [0.5, 0.6) is 0 Å². The number of benzene rings is 1. The lowest BCUT2D eigenvalue weighted by molar-refractivity contribution is 0.629. The van der Waals surface area contributed by atoms with Gasteiger partial charge in [-0.3, -0.25) is 4.40 Å². The molecule has 1 N–H and O–H groups in total. The lowest BCUT2D eigenvalue weighted by Crippen LogP contribution is -2.27. The summed E-state index contributed by atoms with van der Waals surface area (Å²) in [5, 5.41) is 3.61. The monoisotopic (exact) mass is 383 g/mol. The molecule has 2 aromatic heterocycles. The molecule has 24 heavy (non-hydrogen) atoms. The smallest absolute Gasteiger partial charge is 0.139 e. The summed E-state index contributed by atoms with van der Waals surface area (Å²) >= 11 is 3.56. The Morgan fingerprint density at radius 3 is 2.50 bits per heavy atom. The minimum Gasteiger partial charge on any atom is -0.365 e. The number of nitrogens with one attached hydrogen (secondary N) is 1. The van der Waals surface area contributed by atoms with Gasteiger partial charge in [0, 0.05) is 16.2 Å². The van der Waals surface area contributed by atoms with Gasteiger partial charge in [-0.2, -0.15) is 0 Å². The third-order valence-corrected chi connectivity index (χ3v) is 4.10. The minimum atomic E-state index is -0.0555. The van der Waals surface area contributed by atoms with Crippen LogP contribution in [0.2, 0.25) is 0 Å². The second-order valence-corrected chi connectivity index (χ2v) is 7.91. The molecule has 0 atom stereocenters. The fourth-order valence-electron chi connectivity index (χ4n) is 2.64. The first kappa shape index (κ1) is 16.8.